The van der Waals surface area contributed by atoms with E-state index in [1.54, 1.807) is 25.7 Å². The Hall–Kier alpha value is -2.45. The van der Waals surface area contributed by atoms with E-state index in [1.807, 2.05) is 0 Å². The number of nitrogens with one attached hydrogen (secondary N) is 2. The zero-order chi connectivity index (χ0) is 29.9. The number of ether oxygens (including phenoxy) is 1. The number of nitrogens with zero attached hydrogens (tertiary/aromatic N) is 1. The molecule has 5 fully saturated rings. The minimum Gasteiger partial charge on any atom is -0.444 e. The molecular weight excluding hydrogens is 522 g/mol. The molecular formula is C32H49N3O6. The van der Waals surface area contributed by atoms with Gasteiger partial charge >= 0.3 is 6.09 Å². The molecule has 0 aromatic rings. The van der Waals surface area contributed by atoms with Gasteiger partial charge in [-0.25, -0.2) is 4.79 Å². The summed E-state index contributed by atoms with van der Waals surface area (Å²) in [6, 6.07) is -2.37. The largest absolute Gasteiger partial charge is 0.444 e. The summed E-state index contributed by atoms with van der Waals surface area (Å²) in [7, 11) is 0. The lowest BCUT2D eigenvalue weighted by Crippen LogP contribution is -2.59. The van der Waals surface area contributed by atoms with Crippen LogP contribution in [0.15, 0.2) is 0 Å². The Bertz CT molecular complexity index is 1080. The van der Waals surface area contributed by atoms with E-state index < -0.39 is 41.4 Å². The molecule has 41 heavy (non-hydrogen) atoms. The Labute approximate surface area is 244 Å². The normalized spacial score (nSPS) is 33.2. The first-order valence-electron chi connectivity index (χ1n) is 15.8. The number of ketones is 2. The summed E-state index contributed by atoms with van der Waals surface area (Å²) < 4.78 is 5.57. The van der Waals surface area contributed by atoms with Gasteiger partial charge in [-0.15, -0.1) is 0 Å². The van der Waals surface area contributed by atoms with Crippen LogP contribution < -0.4 is 10.6 Å². The van der Waals surface area contributed by atoms with Gasteiger partial charge in [0.05, 0.1) is 6.04 Å². The molecule has 5 aliphatic rings. The zero-order valence-corrected chi connectivity index (χ0v) is 25.7. The molecule has 9 heteroatoms. The molecule has 3 amide bonds. The molecule has 0 aromatic heterocycles. The van der Waals surface area contributed by atoms with Crippen molar-refractivity contribution in [3.05, 3.63) is 0 Å². The number of fused-ring (bicyclic) bond motifs is 2. The lowest BCUT2D eigenvalue weighted by atomic mass is 9.82. The van der Waals surface area contributed by atoms with Gasteiger partial charge in [-0.1, -0.05) is 52.4 Å². The standard InChI is InChI=1S/C32H49N3O6/c1-17(36)27(37)23(13-18-11-12-18)33-28(38)26-24-22(32(24,5)6)16-35(26)29(39)25(34-30(40)41-31(2,3)4)21-14-19-9-7-8-10-20(19)15-21/h18-26H,7-16H2,1-6H3,(H,33,38)(H,34,40)/t19?,20?,21?,22-,23?,24-,25-,26-/m0/s1. The van der Waals surface area contributed by atoms with E-state index in [0.717, 1.165) is 38.5 Å². The van der Waals surface area contributed by atoms with Gasteiger partial charge < -0.3 is 20.3 Å². The number of likely N-dealkylation sites (tertiary alicyclic amines) is 1. The predicted molar refractivity (Wildman–Crippen MR) is 153 cm³/mol. The fraction of sp³-hybridized carbons (Fsp3) is 0.844. The van der Waals surface area contributed by atoms with Gasteiger partial charge in [-0.05, 0) is 81.0 Å². The number of carbonyl (C=O) groups excluding carboxylic acids is 5. The Morgan fingerprint density at radius 3 is 2.10 bits per heavy atom. The summed E-state index contributed by atoms with van der Waals surface area (Å²) in [6.45, 7) is 11.3. The van der Waals surface area contributed by atoms with Crippen molar-refractivity contribution in [2.24, 2.45) is 40.9 Å². The predicted octanol–water partition coefficient (Wildman–Crippen LogP) is 4.02. The maximum atomic E-state index is 14.4. The third-order valence-corrected chi connectivity index (χ3v) is 10.7. The van der Waals surface area contributed by atoms with Gasteiger partial charge in [0, 0.05) is 13.5 Å². The van der Waals surface area contributed by atoms with Crippen LogP contribution in [-0.2, 0) is 23.9 Å². The molecule has 1 saturated heterocycles. The van der Waals surface area contributed by atoms with Crippen LogP contribution in [0.5, 0.6) is 0 Å². The zero-order valence-electron chi connectivity index (χ0n) is 25.7. The van der Waals surface area contributed by atoms with Gasteiger partial charge in [0.25, 0.3) is 0 Å². The number of alkyl carbamates (subject to hydrolysis) is 1. The van der Waals surface area contributed by atoms with Gasteiger partial charge in [0.15, 0.2) is 5.78 Å². The van der Waals surface area contributed by atoms with Crippen molar-refractivity contribution in [1.29, 1.82) is 0 Å². The van der Waals surface area contributed by atoms with Gasteiger partial charge in [-0.2, -0.15) is 0 Å². The van der Waals surface area contributed by atoms with Gasteiger partial charge in [0.2, 0.25) is 17.6 Å². The Morgan fingerprint density at radius 1 is 0.951 bits per heavy atom. The molecule has 0 spiro atoms. The molecule has 5 rings (SSSR count). The Kier molecular flexibility index (Phi) is 8.05. The number of rotatable bonds is 9. The minimum absolute atomic E-state index is 0.0151. The topological polar surface area (TPSA) is 122 Å². The first-order chi connectivity index (χ1) is 19.2. The maximum absolute atomic E-state index is 14.4. The second kappa shape index (κ2) is 11.0. The summed E-state index contributed by atoms with van der Waals surface area (Å²) in [5.41, 5.74) is -0.811. The average Bonchev–Trinajstić information content (AvgIpc) is 3.63. The molecule has 0 radical (unpaired) electrons. The number of hydrogen-bond donors (Lipinski definition) is 2. The summed E-state index contributed by atoms with van der Waals surface area (Å²) in [6.07, 6.45) is 8.33. The minimum atomic E-state index is -0.862. The third kappa shape index (κ3) is 6.34. The number of Topliss-reactive ketones (excluding diaryl/α,β-unsaturated/α-hetero) is 2. The van der Waals surface area contributed by atoms with Crippen molar-refractivity contribution in [3.63, 3.8) is 0 Å². The van der Waals surface area contributed by atoms with Crippen molar-refractivity contribution >= 4 is 29.5 Å². The van der Waals surface area contributed by atoms with Crippen LogP contribution in [0.25, 0.3) is 0 Å². The third-order valence-electron chi connectivity index (χ3n) is 10.7. The number of amides is 3. The molecule has 0 aromatic carbocycles. The lowest BCUT2D eigenvalue weighted by molar-refractivity contribution is -0.144. The van der Waals surface area contributed by atoms with E-state index in [4.69, 9.17) is 4.74 Å². The van der Waals surface area contributed by atoms with Crippen LogP contribution in [0.3, 0.4) is 0 Å². The molecule has 228 valence electrons. The molecule has 9 nitrogen and oxygen atoms in total. The van der Waals surface area contributed by atoms with Crippen LogP contribution in [0, 0.1) is 40.9 Å². The van der Waals surface area contributed by atoms with Crippen molar-refractivity contribution in [1.82, 2.24) is 15.5 Å². The molecule has 1 heterocycles. The summed E-state index contributed by atoms with van der Waals surface area (Å²) >= 11 is 0. The quantitative estimate of drug-likeness (QED) is 0.403. The smallest absolute Gasteiger partial charge is 0.408 e. The highest BCUT2D eigenvalue weighted by Crippen LogP contribution is 2.65. The summed E-state index contributed by atoms with van der Waals surface area (Å²) in [5.74, 6) is -0.163. The highest BCUT2D eigenvalue weighted by molar-refractivity contribution is 6.38. The van der Waals surface area contributed by atoms with Crippen LogP contribution in [0.2, 0.25) is 0 Å². The van der Waals surface area contributed by atoms with E-state index in [0.29, 0.717) is 30.7 Å². The Morgan fingerprint density at radius 2 is 1.56 bits per heavy atom. The van der Waals surface area contributed by atoms with Crippen LogP contribution in [-0.4, -0.2) is 64.6 Å². The SMILES string of the molecule is CC(=O)C(=O)C(CC1CC1)NC(=O)[C@@H]1[C@@H]2[C@H](CN1C(=O)[C@@H](NC(=O)OC(C)(C)C)C1CC3CCCCC3C1)C2(C)C. The van der Waals surface area contributed by atoms with Crippen LogP contribution >= 0.6 is 0 Å². The molecule has 2 N–H and O–H groups in total. The summed E-state index contributed by atoms with van der Waals surface area (Å²) in [4.78, 5) is 67.6. The second-order valence-corrected chi connectivity index (χ2v) is 15.2. The van der Waals surface area contributed by atoms with E-state index in [9.17, 15) is 24.0 Å². The van der Waals surface area contributed by atoms with E-state index in [1.165, 1.54) is 19.8 Å². The second-order valence-electron chi connectivity index (χ2n) is 15.2. The van der Waals surface area contributed by atoms with Crippen molar-refractivity contribution < 1.29 is 28.7 Å². The van der Waals surface area contributed by atoms with Crippen molar-refractivity contribution in [2.75, 3.05) is 6.54 Å². The molecule has 3 unspecified atom stereocenters. The monoisotopic (exact) mass is 571 g/mol. The van der Waals surface area contributed by atoms with Crippen LogP contribution in [0.1, 0.15) is 99.3 Å². The first kappa shape index (κ1) is 30.0. The molecule has 1 aliphatic heterocycles. The lowest BCUT2D eigenvalue weighted by Gasteiger charge is -2.35. The highest BCUT2D eigenvalue weighted by atomic mass is 16.6. The van der Waals surface area contributed by atoms with E-state index in [-0.39, 0.29) is 35.0 Å². The number of carbonyl (C=O) groups is 5. The highest BCUT2D eigenvalue weighted by Gasteiger charge is 2.70. The molecule has 7 atom stereocenters. The number of hydrogen-bond acceptors (Lipinski definition) is 6. The van der Waals surface area contributed by atoms with Crippen molar-refractivity contribution in [2.45, 2.75) is 123 Å². The summed E-state index contributed by atoms with van der Waals surface area (Å²) in [5, 5.41) is 5.83. The Balaban J connectivity index is 1.38. The maximum Gasteiger partial charge on any atom is 0.408 e. The number of piperidine rings is 1. The van der Waals surface area contributed by atoms with E-state index in [2.05, 4.69) is 24.5 Å². The molecule has 0 bridgehead atoms. The molecule has 4 aliphatic carbocycles. The molecule has 4 saturated carbocycles. The van der Waals surface area contributed by atoms with Crippen molar-refractivity contribution in [3.8, 4) is 0 Å². The van der Waals surface area contributed by atoms with Gasteiger partial charge in [-0.3, -0.25) is 19.2 Å². The van der Waals surface area contributed by atoms with Crippen LogP contribution in [0.4, 0.5) is 4.79 Å². The fourth-order valence-corrected chi connectivity index (χ4v) is 8.28. The average molecular weight is 572 g/mol. The van der Waals surface area contributed by atoms with Gasteiger partial charge in [0.1, 0.15) is 17.7 Å². The fourth-order valence-electron chi connectivity index (χ4n) is 8.28. The first-order valence-corrected chi connectivity index (χ1v) is 15.8. The van der Waals surface area contributed by atoms with E-state index >= 15 is 0 Å².